The number of nitrogens with one attached hydrogen (secondary N) is 2. The van der Waals surface area contributed by atoms with E-state index >= 15 is 0 Å². The second-order valence-electron chi connectivity index (χ2n) is 6.33. The summed E-state index contributed by atoms with van der Waals surface area (Å²) in [5.74, 6) is 6.17. The van der Waals surface area contributed by atoms with Crippen LogP contribution in [0.4, 0.5) is 0 Å². The molecule has 1 unspecified atom stereocenters. The number of likely N-dealkylation sites (N-methyl/N-ethyl adjacent to an activating group) is 1. The molecule has 1 amide bonds. The minimum atomic E-state index is -0.139. The van der Waals surface area contributed by atoms with Crippen LogP contribution >= 0.6 is 0 Å². The van der Waals surface area contributed by atoms with Gasteiger partial charge >= 0.3 is 0 Å². The number of amides is 1. The van der Waals surface area contributed by atoms with Crippen LogP contribution in [0.25, 0.3) is 0 Å². The van der Waals surface area contributed by atoms with Gasteiger partial charge in [-0.15, -0.1) is 0 Å². The monoisotopic (exact) mass is 373 g/mol. The van der Waals surface area contributed by atoms with Crippen molar-refractivity contribution < 1.29 is 4.79 Å². The molecule has 0 spiro atoms. The van der Waals surface area contributed by atoms with Crippen LogP contribution in [-0.2, 0) is 6.42 Å². The standard InChI is InChI=1S/C19H31N7O/c1-6-16(13-23-25-21-4)10-17-8-7-9-18(11-17)19(27)22-12-14(2)26(5)15(3)24-20/h7-9,11,16H,2,6,10,12-13,20H2,1,3-5H3,(H,21,23)(H,22,27)/b24-15-. The summed E-state index contributed by atoms with van der Waals surface area (Å²) in [6, 6.07) is 7.68. The Morgan fingerprint density at radius 2 is 2.15 bits per heavy atom. The van der Waals surface area contributed by atoms with Crippen molar-refractivity contribution in [2.45, 2.75) is 26.7 Å². The molecule has 0 aromatic heterocycles. The van der Waals surface area contributed by atoms with Crippen molar-refractivity contribution in [2.75, 3.05) is 27.2 Å². The maximum atomic E-state index is 12.5. The molecule has 148 valence electrons. The lowest BCUT2D eigenvalue weighted by Gasteiger charge is -2.21. The topological polar surface area (TPSA) is 107 Å². The number of nitrogens with two attached hydrogens (primary N) is 1. The van der Waals surface area contributed by atoms with E-state index in [1.165, 1.54) is 0 Å². The smallest absolute Gasteiger partial charge is 0.251 e. The van der Waals surface area contributed by atoms with Crippen LogP contribution in [-0.4, -0.2) is 43.8 Å². The fraction of sp³-hybridized carbons (Fsp3) is 0.474. The highest BCUT2D eigenvalue weighted by Gasteiger charge is 2.12. The number of nitrogens with zero attached hydrogens (tertiary/aromatic N) is 4. The van der Waals surface area contributed by atoms with E-state index in [2.05, 4.69) is 39.7 Å². The van der Waals surface area contributed by atoms with Crippen LogP contribution in [0.5, 0.6) is 0 Å². The molecule has 0 fully saturated rings. The van der Waals surface area contributed by atoms with Crippen molar-refractivity contribution in [2.24, 2.45) is 27.2 Å². The highest BCUT2D eigenvalue weighted by Crippen LogP contribution is 2.14. The van der Waals surface area contributed by atoms with Gasteiger partial charge in [0.15, 0.2) is 0 Å². The molecule has 1 aromatic carbocycles. The fourth-order valence-electron chi connectivity index (χ4n) is 2.49. The van der Waals surface area contributed by atoms with Gasteiger partial charge in [-0.2, -0.15) is 10.2 Å². The van der Waals surface area contributed by atoms with Crippen LogP contribution in [0.2, 0.25) is 0 Å². The Hall–Kier alpha value is -2.90. The van der Waals surface area contributed by atoms with Crippen molar-refractivity contribution in [3.8, 4) is 0 Å². The van der Waals surface area contributed by atoms with Crippen molar-refractivity contribution in [3.05, 3.63) is 47.7 Å². The van der Waals surface area contributed by atoms with Gasteiger partial charge in [0.25, 0.3) is 5.91 Å². The van der Waals surface area contributed by atoms with E-state index < -0.39 is 0 Å². The van der Waals surface area contributed by atoms with E-state index in [-0.39, 0.29) is 5.91 Å². The number of amidine groups is 1. The van der Waals surface area contributed by atoms with E-state index in [0.717, 1.165) is 24.9 Å². The second kappa shape index (κ2) is 11.7. The van der Waals surface area contributed by atoms with E-state index in [1.54, 1.807) is 25.9 Å². The molecule has 8 heteroatoms. The van der Waals surface area contributed by atoms with Gasteiger partial charge in [-0.1, -0.05) is 37.3 Å². The van der Waals surface area contributed by atoms with Crippen LogP contribution < -0.4 is 16.6 Å². The predicted octanol–water partition coefficient (Wildman–Crippen LogP) is 2.31. The zero-order chi connectivity index (χ0) is 20.2. The number of hydrogen-bond acceptors (Lipinski definition) is 5. The minimum Gasteiger partial charge on any atom is -0.346 e. The zero-order valence-corrected chi connectivity index (χ0v) is 16.7. The van der Waals surface area contributed by atoms with Gasteiger partial charge < -0.3 is 16.1 Å². The molecule has 0 bridgehead atoms. The van der Waals surface area contributed by atoms with Gasteiger partial charge in [-0.05, 0) is 37.0 Å². The highest BCUT2D eigenvalue weighted by molar-refractivity contribution is 5.94. The lowest BCUT2D eigenvalue weighted by molar-refractivity contribution is 0.0955. The lowest BCUT2D eigenvalue weighted by atomic mass is 9.96. The first-order valence-corrected chi connectivity index (χ1v) is 8.97. The molecule has 0 radical (unpaired) electrons. The Morgan fingerprint density at radius 1 is 1.41 bits per heavy atom. The molecule has 0 aliphatic heterocycles. The zero-order valence-electron chi connectivity index (χ0n) is 16.7. The predicted molar refractivity (Wildman–Crippen MR) is 109 cm³/mol. The molecule has 0 aliphatic carbocycles. The molecule has 1 rings (SSSR count). The van der Waals surface area contributed by atoms with Gasteiger partial charge in [-0.3, -0.25) is 10.2 Å². The first-order valence-electron chi connectivity index (χ1n) is 8.97. The Kier molecular flexibility index (Phi) is 9.57. The van der Waals surface area contributed by atoms with E-state index in [9.17, 15) is 4.79 Å². The third kappa shape index (κ3) is 7.47. The SMILES string of the molecule is C=C(CNC(=O)c1cccc(CC(CC)CN/N=N\C)c1)N(C)/C(C)=N\N. The number of carbonyl (C=O) groups excluding carboxylic acids is 1. The normalized spacial score (nSPS) is 12.7. The summed E-state index contributed by atoms with van der Waals surface area (Å²) < 4.78 is 0. The molecule has 4 N–H and O–H groups in total. The number of rotatable bonds is 10. The van der Waals surface area contributed by atoms with Gasteiger partial charge in [0.1, 0.15) is 5.84 Å². The average molecular weight is 374 g/mol. The molecule has 0 saturated carbocycles. The molecule has 27 heavy (non-hydrogen) atoms. The maximum absolute atomic E-state index is 12.5. The summed E-state index contributed by atoms with van der Waals surface area (Å²) in [5, 5.41) is 14.0. The number of benzene rings is 1. The van der Waals surface area contributed by atoms with Crippen LogP contribution in [0.15, 0.2) is 52.0 Å². The van der Waals surface area contributed by atoms with E-state index in [4.69, 9.17) is 5.84 Å². The molecule has 1 aromatic rings. The van der Waals surface area contributed by atoms with Crippen molar-refractivity contribution in [1.82, 2.24) is 15.6 Å². The fourth-order valence-corrected chi connectivity index (χ4v) is 2.49. The Bertz CT molecular complexity index is 684. The molecule has 0 heterocycles. The Balaban J connectivity index is 2.66. The largest absolute Gasteiger partial charge is 0.346 e. The highest BCUT2D eigenvalue weighted by atomic mass is 16.1. The lowest BCUT2D eigenvalue weighted by Crippen LogP contribution is -2.33. The van der Waals surface area contributed by atoms with Crippen LogP contribution in [0.1, 0.15) is 36.2 Å². The van der Waals surface area contributed by atoms with E-state index in [1.807, 2.05) is 24.3 Å². The molecule has 1 atom stereocenters. The van der Waals surface area contributed by atoms with E-state index in [0.29, 0.717) is 29.6 Å². The Labute approximate surface area is 161 Å². The number of carbonyl (C=O) groups is 1. The molecule has 8 nitrogen and oxygen atoms in total. The van der Waals surface area contributed by atoms with Crippen molar-refractivity contribution >= 4 is 11.7 Å². The summed E-state index contributed by atoms with van der Waals surface area (Å²) in [5.41, 5.74) is 5.39. The first kappa shape index (κ1) is 22.1. The number of hydrogen-bond donors (Lipinski definition) is 3. The van der Waals surface area contributed by atoms with Crippen LogP contribution in [0, 0.1) is 5.92 Å². The third-order valence-corrected chi connectivity index (χ3v) is 4.44. The molecular weight excluding hydrogens is 342 g/mol. The number of hydrazone groups is 1. The second-order valence-corrected chi connectivity index (χ2v) is 6.33. The average Bonchev–Trinajstić information content (AvgIpc) is 2.70. The summed E-state index contributed by atoms with van der Waals surface area (Å²) in [6.45, 7) is 8.92. The third-order valence-electron chi connectivity index (χ3n) is 4.44. The van der Waals surface area contributed by atoms with Crippen molar-refractivity contribution in [1.29, 1.82) is 0 Å². The van der Waals surface area contributed by atoms with Gasteiger partial charge in [0.05, 0.1) is 13.6 Å². The Morgan fingerprint density at radius 3 is 2.78 bits per heavy atom. The van der Waals surface area contributed by atoms with Gasteiger partial charge in [-0.25, -0.2) is 0 Å². The molecular formula is C19H31N7O. The summed E-state index contributed by atoms with van der Waals surface area (Å²) in [7, 11) is 3.43. The quantitative estimate of drug-likeness (QED) is 0.192. The van der Waals surface area contributed by atoms with Gasteiger partial charge in [0, 0.05) is 24.9 Å². The maximum Gasteiger partial charge on any atom is 0.251 e. The van der Waals surface area contributed by atoms with Crippen molar-refractivity contribution in [3.63, 3.8) is 0 Å². The minimum absolute atomic E-state index is 0.139. The van der Waals surface area contributed by atoms with Gasteiger partial charge in [0.2, 0.25) is 0 Å². The summed E-state index contributed by atoms with van der Waals surface area (Å²) >= 11 is 0. The summed E-state index contributed by atoms with van der Waals surface area (Å²) in [6.07, 6.45) is 1.88. The molecule has 0 saturated heterocycles. The van der Waals surface area contributed by atoms with Crippen LogP contribution in [0.3, 0.4) is 0 Å². The molecule has 0 aliphatic rings. The first-order chi connectivity index (χ1) is 12.9. The summed E-state index contributed by atoms with van der Waals surface area (Å²) in [4.78, 5) is 14.2.